The van der Waals surface area contributed by atoms with Gasteiger partial charge in [0.25, 0.3) is 5.56 Å². The molecular formula is C38H36ClN2O11P. The molecule has 53 heavy (non-hydrogen) atoms. The summed E-state index contributed by atoms with van der Waals surface area (Å²) in [5.41, 5.74) is -1.84. The topological polar surface area (TPSA) is 157 Å². The molecule has 15 heteroatoms. The molecule has 2 aliphatic heterocycles. The second-order valence-electron chi connectivity index (χ2n) is 12.6. The lowest BCUT2D eigenvalue weighted by Crippen LogP contribution is -2.49. The summed E-state index contributed by atoms with van der Waals surface area (Å²) in [6.45, 7) is 1.09. The zero-order valence-electron chi connectivity index (χ0n) is 28.8. The quantitative estimate of drug-likeness (QED) is 0.111. The Morgan fingerprint density at radius 1 is 0.906 bits per heavy atom. The van der Waals surface area contributed by atoms with Gasteiger partial charge in [0.15, 0.2) is 6.23 Å². The number of para-hydroxylation sites is 1. The summed E-state index contributed by atoms with van der Waals surface area (Å²) in [5, 5.41) is 0.0880. The maximum absolute atomic E-state index is 13.7. The van der Waals surface area contributed by atoms with Crippen LogP contribution in [0.15, 0.2) is 119 Å². The normalized spacial score (nSPS) is 21.9. The van der Waals surface area contributed by atoms with Gasteiger partial charge in [0.2, 0.25) is 0 Å². The number of halogens is 1. The van der Waals surface area contributed by atoms with Crippen LogP contribution in [0.5, 0.6) is 17.2 Å². The predicted octanol–water partition coefficient (Wildman–Crippen LogP) is 5.76. The molecule has 4 aromatic carbocycles. The first-order valence-corrected chi connectivity index (χ1v) is 18.4. The number of fused-ring (bicyclic) bond motifs is 2. The summed E-state index contributed by atoms with van der Waals surface area (Å²) in [7, 11) is -1.79. The summed E-state index contributed by atoms with van der Waals surface area (Å²) < 4.78 is 57.1. The lowest BCUT2D eigenvalue weighted by Gasteiger charge is -2.40. The van der Waals surface area contributed by atoms with Crippen LogP contribution in [-0.2, 0) is 28.9 Å². The van der Waals surface area contributed by atoms with Crippen molar-refractivity contribution in [3.8, 4) is 17.2 Å². The monoisotopic (exact) mass is 762 g/mol. The molecule has 0 spiro atoms. The number of aryl methyl sites for hydroxylation is 1. The summed E-state index contributed by atoms with van der Waals surface area (Å²) in [6.07, 6.45) is -2.31. The molecule has 0 saturated carbocycles. The van der Waals surface area contributed by atoms with Crippen molar-refractivity contribution in [3.05, 3.63) is 157 Å². The van der Waals surface area contributed by atoms with E-state index >= 15 is 0 Å². The zero-order valence-corrected chi connectivity index (χ0v) is 30.5. The van der Waals surface area contributed by atoms with E-state index < -0.39 is 48.7 Å². The van der Waals surface area contributed by atoms with Crippen LogP contribution in [0.4, 0.5) is 0 Å². The molecule has 1 aromatic heterocycles. The first kappa shape index (κ1) is 36.6. The molecule has 276 valence electrons. The van der Waals surface area contributed by atoms with Crippen molar-refractivity contribution in [2.75, 3.05) is 27.4 Å². The third-order valence-corrected chi connectivity index (χ3v) is 10.6. The molecule has 7 rings (SSSR count). The van der Waals surface area contributed by atoms with Crippen LogP contribution in [0.2, 0.25) is 5.02 Å². The number of rotatable bonds is 13. The molecule has 0 amide bonds. The second-order valence-corrected chi connectivity index (χ2v) is 14.4. The van der Waals surface area contributed by atoms with Crippen LogP contribution in [0, 0.1) is 6.92 Å². The highest BCUT2D eigenvalue weighted by atomic mass is 35.5. The number of phosphoric ester groups is 1. The Morgan fingerprint density at radius 2 is 1.49 bits per heavy atom. The highest BCUT2D eigenvalue weighted by Gasteiger charge is 2.66. The summed E-state index contributed by atoms with van der Waals surface area (Å²) in [5.74, 6) is 1.18. The lowest BCUT2D eigenvalue weighted by molar-refractivity contribution is -0.204. The number of hydrogen-bond acceptors (Lipinski definition) is 10. The van der Waals surface area contributed by atoms with Crippen LogP contribution >= 0.6 is 19.4 Å². The minimum atomic E-state index is -4.94. The maximum atomic E-state index is 13.7. The van der Waals surface area contributed by atoms with Crippen molar-refractivity contribution in [2.45, 2.75) is 36.6 Å². The minimum absolute atomic E-state index is 0.0800. The molecule has 13 nitrogen and oxygen atoms in total. The fraction of sp³-hybridized carbons (Fsp3) is 0.263. The van der Waals surface area contributed by atoms with E-state index in [9.17, 15) is 19.0 Å². The predicted molar refractivity (Wildman–Crippen MR) is 194 cm³/mol. The van der Waals surface area contributed by atoms with Crippen molar-refractivity contribution in [1.82, 2.24) is 9.55 Å². The van der Waals surface area contributed by atoms with E-state index in [0.29, 0.717) is 11.5 Å². The fourth-order valence-electron chi connectivity index (χ4n) is 6.76. The summed E-state index contributed by atoms with van der Waals surface area (Å²) in [4.78, 5) is 38.8. The van der Waals surface area contributed by atoms with Gasteiger partial charge in [-0.3, -0.25) is 23.8 Å². The molecule has 5 atom stereocenters. The van der Waals surface area contributed by atoms with Crippen molar-refractivity contribution in [1.29, 1.82) is 0 Å². The van der Waals surface area contributed by atoms with Crippen molar-refractivity contribution >= 4 is 19.4 Å². The molecule has 2 N–H and O–H groups in total. The Hall–Kier alpha value is -4.72. The van der Waals surface area contributed by atoms with Crippen LogP contribution in [-0.4, -0.2) is 59.7 Å². The SMILES string of the molecule is COc1ccc(C(OCC23COC([C@H](n4cc(C)c(=O)[nH]c4=O)O2)[C@H]3OP(=O)(O)Oc2ccccc2Cl)(c2ccccc2)c2ccc(OC)cc2)cc1. The lowest BCUT2D eigenvalue weighted by atomic mass is 9.79. The molecule has 2 fully saturated rings. The Morgan fingerprint density at radius 3 is 2.09 bits per heavy atom. The smallest absolute Gasteiger partial charge is 0.497 e. The Balaban J connectivity index is 1.34. The van der Waals surface area contributed by atoms with Gasteiger partial charge in [0.1, 0.15) is 40.7 Å². The molecule has 0 aliphatic carbocycles. The van der Waals surface area contributed by atoms with E-state index in [1.165, 1.54) is 25.3 Å². The Labute approximate surface area is 309 Å². The van der Waals surface area contributed by atoms with Gasteiger partial charge < -0.3 is 28.2 Å². The van der Waals surface area contributed by atoms with Gasteiger partial charge in [-0.15, -0.1) is 0 Å². The van der Waals surface area contributed by atoms with E-state index in [2.05, 4.69) is 4.98 Å². The van der Waals surface area contributed by atoms with Crippen LogP contribution in [0.25, 0.3) is 0 Å². The number of phosphoric acid groups is 1. The third-order valence-electron chi connectivity index (χ3n) is 9.40. The minimum Gasteiger partial charge on any atom is -0.497 e. The van der Waals surface area contributed by atoms with Gasteiger partial charge in [0, 0.05) is 11.8 Å². The first-order chi connectivity index (χ1) is 25.5. The van der Waals surface area contributed by atoms with Gasteiger partial charge in [-0.05, 0) is 60.0 Å². The van der Waals surface area contributed by atoms with E-state index in [-0.39, 0.29) is 29.5 Å². The summed E-state index contributed by atoms with van der Waals surface area (Å²) >= 11 is 6.24. The Bertz CT molecular complexity index is 2200. The number of aromatic nitrogens is 2. The number of methoxy groups -OCH3 is 2. The molecule has 2 bridgehead atoms. The van der Waals surface area contributed by atoms with Crippen molar-refractivity contribution in [2.24, 2.45) is 0 Å². The number of nitrogens with zero attached hydrogens (tertiary/aromatic N) is 1. The molecule has 0 radical (unpaired) electrons. The van der Waals surface area contributed by atoms with E-state index in [4.69, 9.17) is 44.3 Å². The van der Waals surface area contributed by atoms with Gasteiger partial charge in [-0.2, -0.15) is 0 Å². The standard InChI is InChI=1S/C38H36ClN2O11P/c1-24-21-41(36(43)40-34(24)42)35-32-33(52-53(44,45)51-31-12-8-7-11-30(31)39)37(50-35,22-48-32)23-49-38(25-9-5-4-6-10-25,26-13-17-28(46-2)18-14-26)27-15-19-29(47-3)20-16-27/h4-21,32-33,35H,22-23H2,1-3H3,(H,44,45)(H,40,42,43)/t32?,33-,35-,37?/m1/s1. The number of H-pyrrole nitrogens is 1. The largest absolute Gasteiger partial charge is 0.527 e. The molecule has 5 aromatic rings. The average molecular weight is 763 g/mol. The molecule has 2 aliphatic rings. The summed E-state index contributed by atoms with van der Waals surface area (Å²) in [6, 6.07) is 30.5. The molecule has 3 unspecified atom stereocenters. The zero-order chi connectivity index (χ0) is 37.4. The second kappa shape index (κ2) is 14.6. The van der Waals surface area contributed by atoms with Gasteiger partial charge >= 0.3 is 13.5 Å². The van der Waals surface area contributed by atoms with Crippen LogP contribution < -0.4 is 25.2 Å². The highest BCUT2D eigenvalue weighted by molar-refractivity contribution is 7.47. The van der Waals surface area contributed by atoms with E-state index in [0.717, 1.165) is 21.3 Å². The van der Waals surface area contributed by atoms with Crippen molar-refractivity contribution in [3.63, 3.8) is 0 Å². The molecule has 2 saturated heterocycles. The van der Waals surface area contributed by atoms with Crippen LogP contribution in [0.3, 0.4) is 0 Å². The number of ether oxygens (including phenoxy) is 5. The number of benzene rings is 4. The molecular weight excluding hydrogens is 727 g/mol. The first-order valence-electron chi connectivity index (χ1n) is 16.5. The fourth-order valence-corrected chi connectivity index (χ4v) is 8.04. The number of nitrogens with one attached hydrogen (secondary N) is 1. The van der Waals surface area contributed by atoms with Crippen LogP contribution in [0.1, 0.15) is 28.5 Å². The number of hydrogen-bond donors (Lipinski definition) is 2. The van der Waals surface area contributed by atoms with Gasteiger partial charge in [0.05, 0.1) is 32.5 Å². The maximum Gasteiger partial charge on any atom is 0.527 e. The van der Waals surface area contributed by atoms with Crippen molar-refractivity contribution < 1.29 is 42.2 Å². The van der Waals surface area contributed by atoms with Gasteiger partial charge in [-0.25, -0.2) is 9.36 Å². The number of aromatic amines is 1. The van der Waals surface area contributed by atoms with E-state index in [1.54, 1.807) is 26.4 Å². The molecule has 3 heterocycles. The average Bonchev–Trinajstić information content (AvgIpc) is 3.65. The Kier molecular flexibility index (Phi) is 10.1. The third kappa shape index (κ3) is 6.93. The highest BCUT2D eigenvalue weighted by Crippen LogP contribution is 2.56. The van der Waals surface area contributed by atoms with Gasteiger partial charge in [-0.1, -0.05) is 78.3 Å². The van der Waals surface area contributed by atoms with E-state index in [1.807, 2.05) is 78.9 Å².